The molecule has 1 aromatic rings. The molecule has 0 aliphatic rings. The summed E-state index contributed by atoms with van der Waals surface area (Å²) in [7, 11) is -3.46. The van der Waals surface area contributed by atoms with E-state index in [2.05, 4.69) is 4.72 Å². The van der Waals surface area contributed by atoms with Crippen LogP contribution in [0.2, 0.25) is 0 Å². The number of ether oxygens (including phenoxy) is 1. The zero-order chi connectivity index (χ0) is 15.4. The Morgan fingerprint density at radius 3 is 2.55 bits per heavy atom. The molecule has 0 heterocycles. The van der Waals surface area contributed by atoms with Crippen LogP contribution < -0.4 is 9.46 Å². The summed E-state index contributed by atoms with van der Waals surface area (Å²) in [5.41, 5.74) is -0.0133. The van der Waals surface area contributed by atoms with Gasteiger partial charge in [-0.1, -0.05) is 26.8 Å². The quantitative estimate of drug-likeness (QED) is 0.837. The number of carboxylic acid groups (broad SMARTS) is 1. The summed E-state index contributed by atoms with van der Waals surface area (Å²) in [5.74, 6) is -0.813. The van der Waals surface area contributed by atoms with Crippen molar-refractivity contribution in [2.45, 2.75) is 20.8 Å². The van der Waals surface area contributed by atoms with E-state index >= 15 is 0 Å². The first-order valence-electron chi connectivity index (χ1n) is 6.03. The minimum atomic E-state index is -3.46. The molecule has 1 aromatic carbocycles. The normalized spacial score (nSPS) is 11.9. The van der Waals surface area contributed by atoms with E-state index in [-0.39, 0.29) is 11.2 Å². The van der Waals surface area contributed by atoms with Crippen LogP contribution in [0.1, 0.15) is 20.8 Å². The van der Waals surface area contributed by atoms with Crippen molar-refractivity contribution in [3.8, 4) is 5.75 Å². The van der Waals surface area contributed by atoms with Crippen LogP contribution in [-0.2, 0) is 14.8 Å². The van der Waals surface area contributed by atoms with Crippen molar-refractivity contribution in [3.05, 3.63) is 24.3 Å². The van der Waals surface area contributed by atoms with Gasteiger partial charge in [0.25, 0.3) is 0 Å². The van der Waals surface area contributed by atoms with E-state index in [1.54, 1.807) is 18.2 Å². The number of sulfonamides is 1. The Labute approximate surface area is 118 Å². The molecule has 0 fully saturated rings. The molecule has 0 atom stereocenters. The highest BCUT2D eigenvalue weighted by molar-refractivity contribution is 7.92. The molecule has 0 saturated heterocycles. The van der Waals surface area contributed by atoms with E-state index in [0.717, 1.165) is 0 Å². The monoisotopic (exact) mass is 301 g/mol. The van der Waals surface area contributed by atoms with Gasteiger partial charge in [0.1, 0.15) is 5.75 Å². The van der Waals surface area contributed by atoms with E-state index in [1.165, 1.54) is 6.07 Å². The first-order chi connectivity index (χ1) is 9.07. The zero-order valence-corrected chi connectivity index (χ0v) is 12.5. The predicted molar refractivity (Wildman–Crippen MR) is 76.4 cm³/mol. The standard InChI is InChI=1S/C13H19NO5S/c1-13(2,3)9-20(17,18)14-10-5-4-6-11(7-10)19-8-12(15)16/h4-7,14H,8-9H2,1-3H3,(H,15,16). The average molecular weight is 301 g/mol. The van der Waals surface area contributed by atoms with Gasteiger partial charge in [-0.3, -0.25) is 4.72 Å². The van der Waals surface area contributed by atoms with Crippen molar-refractivity contribution in [2.75, 3.05) is 17.1 Å². The fourth-order valence-corrected chi connectivity index (χ4v) is 3.28. The molecule has 0 aromatic heterocycles. The highest BCUT2D eigenvalue weighted by atomic mass is 32.2. The lowest BCUT2D eigenvalue weighted by Gasteiger charge is -2.19. The third-order valence-corrected chi connectivity index (χ3v) is 3.89. The van der Waals surface area contributed by atoms with Gasteiger partial charge < -0.3 is 9.84 Å². The molecule has 7 heteroatoms. The number of benzene rings is 1. The maximum Gasteiger partial charge on any atom is 0.341 e. The second kappa shape index (κ2) is 6.13. The van der Waals surface area contributed by atoms with Crippen molar-refractivity contribution >= 4 is 21.7 Å². The summed E-state index contributed by atoms with van der Waals surface area (Å²) in [6.07, 6.45) is 0. The van der Waals surface area contributed by atoms with E-state index in [9.17, 15) is 13.2 Å². The van der Waals surface area contributed by atoms with E-state index in [0.29, 0.717) is 11.4 Å². The van der Waals surface area contributed by atoms with E-state index in [4.69, 9.17) is 9.84 Å². The fourth-order valence-electron chi connectivity index (χ4n) is 1.58. The first kappa shape index (κ1) is 16.3. The predicted octanol–water partition coefficient (Wildman–Crippen LogP) is 1.94. The summed E-state index contributed by atoms with van der Waals surface area (Å²) < 4.78 is 31.3. The smallest absolute Gasteiger partial charge is 0.341 e. The lowest BCUT2D eigenvalue weighted by Crippen LogP contribution is -2.26. The summed E-state index contributed by atoms with van der Waals surface area (Å²) in [6, 6.07) is 6.17. The van der Waals surface area contributed by atoms with Gasteiger partial charge in [-0.2, -0.15) is 0 Å². The molecule has 0 spiro atoms. The van der Waals surface area contributed by atoms with E-state index in [1.807, 2.05) is 20.8 Å². The Hall–Kier alpha value is -1.76. The Morgan fingerprint density at radius 2 is 2.00 bits per heavy atom. The summed E-state index contributed by atoms with van der Waals surface area (Å²) in [5, 5.41) is 8.52. The molecular weight excluding hydrogens is 282 g/mol. The van der Waals surface area contributed by atoms with Crippen LogP contribution in [0.15, 0.2) is 24.3 Å². The molecule has 0 unspecified atom stereocenters. The van der Waals surface area contributed by atoms with Crippen molar-refractivity contribution in [1.82, 2.24) is 0 Å². The molecule has 2 N–H and O–H groups in total. The van der Waals surface area contributed by atoms with Gasteiger partial charge in [-0.15, -0.1) is 0 Å². The van der Waals surface area contributed by atoms with Crippen LogP contribution >= 0.6 is 0 Å². The third kappa shape index (κ3) is 6.42. The Bertz CT molecular complexity index is 575. The Balaban J connectivity index is 2.78. The van der Waals surface area contributed by atoms with Gasteiger partial charge in [0.05, 0.1) is 11.4 Å². The number of carboxylic acids is 1. The molecule has 0 amide bonds. The Kier molecular flexibility index (Phi) is 4.99. The lowest BCUT2D eigenvalue weighted by molar-refractivity contribution is -0.139. The summed E-state index contributed by atoms with van der Waals surface area (Å²) >= 11 is 0. The molecular formula is C13H19NO5S. The highest BCUT2D eigenvalue weighted by Crippen LogP contribution is 2.21. The molecule has 20 heavy (non-hydrogen) atoms. The van der Waals surface area contributed by atoms with Gasteiger partial charge in [-0.05, 0) is 17.5 Å². The minimum absolute atomic E-state index is 0.0137. The maximum atomic E-state index is 11.9. The number of rotatable bonds is 6. The molecule has 6 nitrogen and oxygen atoms in total. The zero-order valence-electron chi connectivity index (χ0n) is 11.7. The van der Waals surface area contributed by atoms with Crippen LogP contribution in [0.3, 0.4) is 0 Å². The largest absolute Gasteiger partial charge is 0.482 e. The fraction of sp³-hybridized carbons (Fsp3) is 0.462. The van der Waals surface area contributed by atoms with Crippen molar-refractivity contribution in [1.29, 1.82) is 0 Å². The third-order valence-electron chi connectivity index (χ3n) is 2.09. The van der Waals surface area contributed by atoms with Crippen molar-refractivity contribution in [3.63, 3.8) is 0 Å². The van der Waals surface area contributed by atoms with Gasteiger partial charge >= 0.3 is 5.97 Å². The second-order valence-corrected chi connectivity index (χ2v) is 7.35. The molecule has 112 valence electrons. The van der Waals surface area contributed by atoms with Crippen LogP contribution in [0.4, 0.5) is 5.69 Å². The van der Waals surface area contributed by atoms with Gasteiger partial charge in [0.2, 0.25) is 10.0 Å². The number of hydrogen-bond donors (Lipinski definition) is 2. The average Bonchev–Trinajstić information content (AvgIpc) is 2.22. The molecule has 0 aliphatic heterocycles. The van der Waals surface area contributed by atoms with Crippen LogP contribution in [0, 0.1) is 5.41 Å². The lowest BCUT2D eigenvalue weighted by atomic mass is 10.0. The van der Waals surface area contributed by atoms with Gasteiger partial charge in [-0.25, -0.2) is 13.2 Å². The minimum Gasteiger partial charge on any atom is -0.482 e. The maximum absolute atomic E-state index is 11.9. The topological polar surface area (TPSA) is 92.7 Å². The molecule has 1 rings (SSSR count). The highest BCUT2D eigenvalue weighted by Gasteiger charge is 2.21. The molecule has 0 radical (unpaired) electrons. The van der Waals surface area contributed by atoms with E-state index < -0.39 is 22.6 Å². The number of anilines is 1. The van der Waals surface area contributed by atoms with Crippen LogP contribution in [-0.4, -0.2) is 31.9 Å². The number of aliphatic carboxylic acids is 1. The molecule has 0 bridgehead atoms. The Morgan fingerprint density at radius 1 is 1.35 bits per heavy atom. The van der Waals surface area contributed by atoms with Crippen LogP contribution in [0.25, 0.3) is 0 Å². The first-order valence-corrected chi connectivity index (χ1v) is 7.68. The van der Waals surface area contributed by atoms with Gasteiger partial charge in [0.15, 0.2) is 6.61 Å². The second-order valence-electron chi connectivity index (χ2n) is 5.63. The summed E-state index contributed by atoms with van der Waals surface area (Å²) in [4.78, 5) is 10.4. The summed E-state index contributed by atoms with van der Waals surface area (Å²) in [6.45, 7) is 5.02. The SMILES string of the molecule is CC(C)(C)CS(=O)(=O)Nc1cccc(OCC(=O)O)c1. The molecule has 0 aliphatic carbocycles. The van der Waals surface area contributed by atoms with Gasteiger partial charge in [0, 0.05) is 6.07 Å². The molecule has 0 saturated carbocycles. The van der Waals surface area contributed by atoms with Crippen molar-refractivity contribution < 1.29 is 23.1 Å². The number of carbonyl (C=O) groups is 1. The number of nitrogens with one attached hydrogen (secondary N) is 1. The van der Waals surface area contributed by atoms with Crippen LogP contribution in [0.5, 0.6) is 5.75 Å². The number of hydrogen-bond acceptors (Lipinski definition) is 4. The van der Waals surface area contributed by atoms with Crippen molar-refractivity contribution in [2.24, 2.45) is 5.41 Å².